The van der Waals surface area contributed by atoms with E-state index in [4.69, 9.17) is 27.9 Å². The van der Waals surface area contributed by atoms with Crippen LogP contribution in [0.25, 0.3) is 11.3 Å². The quantitative estimate of drug-likeness (QED) is 0.0899. The Morgan fingerprint density at radius 1 is 0.658 bits per heavy atom. The van der Waals surface area contributed by atoms with E-state index in [0.717, 1.165) is 49.4 Å². The van der Waals surface area contributed by atoms with Crippen LogP contribution < -0.4 is 15.4 Å². The molecule has 0 saturated carbocycles. The fraction of sp³-hybridized carbons (Fsp3) is 0.269. The van der Waals surface area contributed by atoms with Crippen LogP contribution in [0, 0.1) is 0 Å². The van der Waals surface area contributed by atoms with Gasteiger partial charge >= 0.3 is 0 Å². The summed E-state index contributed by atoms with van der Waals surface area (Å²) in [4.78, 5) is 40.6. The van der Waals surface area contributed by atoms with E-state index in [1.54, 1.807) is 89.1 Å². The van der Waals surface area contributed by atoms with Crippen molar-refractivity contribution in [3.63, 3.8) is 0 Å². The summed E-state index contributed by atoms with van der Waals surface area (Å²) in [5.41, 5.74) is 4.78. The van der Waals surface area contributed by atoms with Crippen molar-refractivity contribution in [1.29, 1.82) is 0 Å². The molecule has 3 N–H and O–H groups in total. The predicted octanol–water partition coefficient (Wildman–Crippen LogP) is 9.10. The van der Waals surface area contributed by atoms with E-state index >= 15 is 0 Å². The van der Waals surface area contributed by atoms with Gasteiger partial charge < -0.3 is 20.3 Å². The van der Waals surface area contributed by atoms with Crippen molar-refractivity contribution in [2.75, 3.05) is 46.4 Å². The summed E-state index contributed by atoms with van der Waals surface area (Å²) < 4.78 is 61.8. The van der Waals surface area contributed by atoms with Crippen molar-refractivity contribution in [3.05, 3.63) is 176 Å². The maximum absolute atomic E-state index is 13.3. The van der Waals surface area contributed by atoms with Gasteiger partial charge in [-0.1, -0.05) is 53.5 Å². The summed E-state index contributed by atoms with van der Waals surface area (Å²) >= 11 is 14.1. The zero-order valence-electron chi connectivity index (χ0n) is 39.7. The number of carbonyl (C=O) groups excluding carboxylic acids is 3. The number of rotatable bonds is 15. The third kappa shape index (κ3) is 13.8. The lowest BCUT2D eigenvalue weighted by Crippen LogP contribution is -2.37. The molecule has 21 heteroatoms. The first-order valence-corrected chi connectivity index (χ1v) is 28.7. The van der Waals surface area contributed by atoms with Gasteiger partial charge in [0, 0.05) is 87.4 Å². The lowest BCUT2D eigenvalue weighted by atomic mass is 9.94. The molecule has 0 radical (unpaired) electrons. The number of amides is 3. The number of halogens is 2. The van der Waals surface area contributed by atoms with Crippen molar-refractivity contribution in [1.82, 2.24) is 34.3 Å². The average Bonchev–Trinajstić information content (AvgIpc) is 4.18. The molecule has 2 saturated heterocycles. The van der Waals surface area contributed by atoms with Crippen molar-refractivity contribution in [2.24, 2.45) is 0 Å². The van der Waals surface area contributed by atoms with Crippen LogP contribution in [0.1, 0.15) is 66.9 Å². The highest BCUT2D eigenvalue weighted by Gasteiger charge is 2.33. The number of aromatic nitrogens is 2. The Morgan fingerprint density at radius 3 is 1.73 bits per heavy atom. The molecule has 9 rings (SSSR count). The van der Waals surface area contributed by atoms with Crippen molar-refractivity contribution in [2.45, 2.75) is 53.1 Å². The number of benzene rings is 4. The Morgan fingerprint density at radius 2 is 1.19 bits per heavy atom. The molecule has 0 bridgehead atoms. The topological polar surface area (TPSA) is 191 Å². The zero-order chi connectivity index (χ0) is 51.5. The molecule has 382 valence electrons. The van der Waals surface area contributed by atoms with E-state index in [1.807, 2.05) is 60.7 Å². The van der Waals surface area contributed by atoms with Gasteiger partial charge in [-0.25, -0.2) is 16.8 Å². The predicted molar refractivity (Wildman–Crippen MR) is 285 cm³/mol. The molecule has 0 aliphatic carbocycles. The number of H-pyrrole nitrogens is 1. The fourth-order valence-corrected chi connectivity index (χ4v) is 14.4. The number of nitrogens with one attached hydrogen (secondary N) is 3. The second kappa shape index (κ2) is 24.4. The van der Waals surface area contributed by atoms with Gasteiger partial charge in [-0.05, 0) is 128 Å². The van der Waals surface area contributed by atoms with Crippen molar-refractivity contribution < 1.29 is 36.0 Å². The highest BCUT2D eigenvalue weighted by molar-refractivity contribution is 7.91. The van der Waals surface area contributed by atoms with Crippen LogP contribution in [-0.2, 0) is 44.4 Å². The molecule has 15 nitrogen and oxygen atoms in total. The summed E-state index contributed by atoms with van der Waals surface area (Å²) in [5, 5.41) is 14.3. The van der Waals surface area contributed by atoms with Gasteiger partial charge in [0.15, 0.2) is 0 Å². The van der Waals surface area contributed by atoms with Crippen molar-refractivity contribution in [3.8, 4) is 17.0 Å². The van der Waals surface area contributed by atoms with Crippen LogP contribution in [-0.4, -0.2) is 105 Å². The number of aromatic amines is 1. The molecule has 0 unspecified atom stereocenters. The lowest BCUT2D eigenvalue weighted by molar-refractivity contribution is -0.130. The first-order valence-electron chi connectivity index (χ1n) is 23.4. The van der Waals surface area contributed by atoms with E-state index in [1.165, 1.54) is 15.6 Å². The van der Waals surface area contributed by atoms with E-state index in [-0.39, 0.29) is 51.7 Å². The third-order valence-electron chi connectivity index (χ3n) is 12.4. The average molecular weight is 1100 g/mol. The van der Waals surface area contributed by atoms with E-state index in [9.17, 15) is 31.2 Å². The van der Waals surface area contributed by atoms with Gasteiger partial charge in [-0.3, -0.25) is 19.5 Å². The number of hydrogen-bond donors (Lipinski definition) is 3. The van der Waals surface area contributed by atoms with Crippen LogP contribution in [0.3, 0.4) is 0 Å². The molecule has 5 heterocycles. The number of methoxy groups -OCH3 is 1. The first kappa shape index (κ1) is 53.4. The van der Waals surface area contributed by atoms with Gasteiger partial charge in [0.2, 0.25) is 5.91 Å². The fourth-order valence-electron chi connectivity index (χ4n) is 8.31. The molecule has 73 heavy (non-hydrogen) atoms. The summed E-state index contributed by atoms with van der Waals surface area (Å²) in [7, 11) is -5.65. The Bertz CT molecular complexity index is 3220. The van der Waals surface area contributed by atoms with Gasteiger partial charge in [-0.15, -0.1) is 22.7 Å². The lowest BCUT2D eigenvalue weighted by Gasteiger charge is -2.30. The highest BCUT2D eigenvalue weighted by Crippen LogP contribution is 2.34. The van der Waals surface area contributed by atoms with Gasteiger partial charge in [0.05, 0.1) is 32.3 Å². The van der Waals surface area contributed by atoms with E-state index < -0.39 is 20.0 Å². The summed E-state index contributed by atoms with van der Waals surface area (Å²) in [5.74, 6) is 0.509. The Kier molecular flexibility index (Phi) is 17.9. The second-order valence-electron chi connectivity index (χ2n) is 17.2. The highest BCUT2D eigenvalue weighted by atomic mass is 35.5. The van der Waals surface area contributed by atoms with Gasteiger partial charge in [0.25, 0.3) is 31.9 Å². The number of carbonyl (C=O) groups is 3. The molecular formula is C52H53Cl2N7O8S4. The smallest absolute Gasteiger partial charge is 0.252 e. The largest absolute Gasteiger partial charge is 0.497 e. The molecule has 2 aliphatic rings. The third-order valence-corrected chi connectivity index (χ3v) is 19.8. The standard InChI is InChI=1S/C27H27ClN4O4S2.C25H26ClN3O4S2/c1-36-22-8-4-18(5-9-22)24-16-25(31-30-24)19-12-14-32(15-13-19)38(34,35)26-11-10-23(37-26)17-29-27(33)20-2-6-21(28)7-3-20;26-21-9-7-20(8-10-21)25(31)27-18-22-11-12-24(34-22)35(32,33)29-14-4-13-28(15-16-29)23(30)17-19-5-2-1-3-6-19/h2-11,16,19H,12-15,17H2,1H3,(H,29,33)(H,30,31);1-3,5-12H,4,13-18H2,(H,27,31). The second-order valence-corrected chi connectivity index (χ2v) is 24.8. The van der Waals surface area contributed by atoms with Gasteiger partial charge in [0.1, 0.15) is 14.2 Å². The minimum absolute atomic E-state index is 0.00490. The number of hydrogen-bond acceptors (Lipinski definition) is 11. The molecule has 2 fully saturated rings. The maximum atomic E-state index is 13.3. The molecule has 3 amide bonds. The molecule has 7 aromatic rings. The maximum Gasteiger partial charge on any atom is 0.252 e. The molecular weight excluding hydrogens is 1050 g/mol. The normalized spacial score (nSPS) is 14.9. The summed E-state index contributed by atoms with van der Waals surface area (Å²) in [6.07, 6.45) is 2.30. The number of nitrogens with zero attached hydrogens (tertiary/aromatic N) is 4. The minimum Gasteiger partial charge on any atom is -0.497 e. The number of thiophene rings is 2. The van der Waals surface area contributed by atoms with Gasteiger partial charge in [-0.2, -0.15) is 13.7 Å². The minimum atomic E-state index is -3.68. The van der Waals surface area contributed by atoms with E-state index in [0.29, 0.717) is 79.6 Å². The van der Waals surface area contributed by atoms with Crippen LogP contribution in [0.4, 0.5) is 0 Å². The SMILES string of the molecule is COc1ccc(-c2cc(C3CCN(S(=O)(=O)c4ccc(CNC(=O)c5ccc(Cl)cc5)s4)CC3)[nH]n2)cc1.O=C(NCc1ccc(S(=O)(=O)N2CCCN(C(=O)Cc3ccccc3)CC2)s1)c1ccc(Cl)cc1. The molecule has 2 aliphatic heterocycles. The molecule has 0 atom stereocenters. The molecule has 3 aromatic heterocycles. The molecule has 4 aromatic carbocycles. The first-order chi connectivity index (χ1) is 35.2. The summed E-state index contributed by atoms with van der Waals surface area (Å²) in [6.45, 7) is 2.85. The van der Waals surface area contributed by atoms with Crippen LogP contribution in [0.2, 0.25) is 10.0 Å². The number of ether oxygens (including phenoxy) is 1. The van der Waals surface area contributed by atoms with Crippen LogP contribution in [0.15, 0.2) is 142 Å². The Balaban J connectivity index is 0.000000196. The number of sulfonamides is 2. The zero-order valence-corrected chi connectivity index (χ0v) is 44.5. The van der Waals surface area contributed by atoms with E-state index in [2.05, 4.69) is 20.8 Å². The van der Waals surface area contributed by atoms with Crippen molar-refractivity contribution >= 4 is 83.6 Å². The number of piperidine rings is 1. The van der Waals surface area contributed by atoms with Crippen LogP contribution in [0.5, 0.6) is 5.75 Å². The monoisotopic (exact) mass is 1100 g/mol. The Labute approximate surface area is 443 Å². The van der Waals surface area contributed by atoms with Crippen LogP contribution >= 0.6 is 45.9 Å². The Hall–Kier alpha value is -5.90. The molecule has 0 spiro atoms. The summed E-state index contributed by atoms with van der Waals surface area (Å²) in [6, 6.07) is 39.1.